The quantitative estimate of drug-likeness (QED) is 0.639. The Labute approximate surface area is 163 Å². The minimum absolute atomic E-state index is 0.0441. The van der Waals surface area contributed by atoms with E-state index in [4.69, 9.17) is 5.73 Å². The molecule has 3 aromatic rings. The zero-order chi connectivity index (χ0) is 19.5. The van der Waals surface area contributed by atoms with Crippen molar-refractivity contribution >= 4 is 28.4 Å². The van der Waals surface area contributed by atoms with E-state index < -0.39 is 5.91 Å². The van der Waals surface area contributed by atoms with Crippen molar-refractivity contribution < 1.29 is 9.59 Å². The first-order valence-electron chi connectivity index (χ1n) is 9.58. The van der Waals surface area contributed by atoms with Crippen LogP contribution in [0.25, 0.3) is 10.9 Å². The average molecular weight is 376 g/mol. The van der Waals surface area contributed by atoms with Crippen LogP contribution in [0.15, 0.2) is 54.7 Å². The Bertz CT molecular complexity index is 985. The van der Waals surface area contributed by atoms with Gasteiger partial charge >= 0.3 is 0 Å². The molecule has 2 amide bonds. The Hall–Kier alpha value is -3.12. The highest BCUT2D eigenvalue weighted by Gasteiger charge is 2.23. The van der Waals surface area contributed by atoms with E-state index in [1.54, 1.807) is 24.3 Å². The Kier molecular flexibility index (Phi) is 5.12. The third-order valence-electron chi connectivity index (χ3n) is 5.47. The summed E-state index contributed by atoms with van der Waals surface area (Å²) in [5, 5.41) is 4.18. The number of anilines is 1. The molecule has 0 bridgehead atoms. The number of H-pyrrole nitrogens is 1. The molecule has 2 heterocycles. The number of hydrogen-bond donors (Lipinski definition) is 3. The molecule has 1 aliphatic rings. The predicted molar refractivity (Wildman–Crippen MR) is 110 cm³/mol. The lowest BCUT2D eigenvalue weighted by Gasteiger charge is -2.31. The Morgan fingerprint density at radius 3 is 2.50 bits per heavy atom. The lowest BCUT2D eigenvalue weighted by molar-refractivity contribution is -0.117. The summed E-state index contributed by atoms with van der Waals surface area (Å²) in [6.45, 7) is 2.18. The summed E-state index contributed by atoms with van der Waals surface area (Å²) in [6, 6.07) is 15.0. The van der Waals surface area contributed by atoms with Crippen molar-refractivity contribution in [2.24, 2.45) is 5.73 Å². The zero-order valence-corrected chi connectivity index (χ0v) is 15.7. The van der Waals surface area contributed by atoms with Crippen molar-refractivity contribution in [2.45, 2.75) is 18.8 Å². The van der Waals surface area contributed by atoms with Crippen molar-refractivity contribution in [2.75, 3.05) is 25.0 Å². The summed E-state index contributed by atoms with van der Waals surface area (Å²) in [7, 11) is 0. The van der Waals surface area contributed by atoms with Gasteiger partial charge in [-0.2, -0.15) is 0 Å². The van der Waals surface area contributed by atoms with Gasteiger partial charge in [0.2, 0.25) is 11.8 Å². The van der Waals surface area contributed by atoms with E-state index in [0.717, 1.165) is 25.9 Å². The molecule has 4 N–H and O–H groups in total. The molecule has 28 heavy (non-hydrogen) atoms. The van der Waals surface area contributed by atoms with Crippen LogP contribution in [0.3, 0.4) is 0 Å². The SMILES string of the molecule is NC(=O)c1ccc(NC(=O)CN2CCC(c3c[nH]c4ccccc34)CC2)cc1. The lowest BCUT2D eigenvalue weighted by atomic mass is 9.89. The number of nitrogens with two attached hydrogens (primary N) is 1. The van der Waals surface area contributed by atoms with Gasteiger partial charge in [0.15, 0.2) is 0 Å². The molecule has 0 atom stereocenters. The lowest BCUT2D eigenvalue weighted by Crippen LogP contribution is -2.38. The first kappa shape index (κ1) is 18.3. The second kappa shape index (κ2) is 7.86. The number of piperidine rings is 1. The Morgan fingerprint density at radius 2 is 1.79 bits per heavy atom. The van der Waals surface area contributed by atoms with Crippen LogP contribution in [0.1, 0.15) is 34.7 Å². The highest BCUT2D eigenvalue weighted by molar-refractivity contribution is 5.95. The summed E-state index contributed by atoms with van der Waals surface area (Å²) in [6.07, 6.45) is 4.22. The number of carbonyl (C=O) groups is 2. The molecule has 4 rings (SSSR count). The van der Waals surface area contributed by atoms with Crippen LogP contribution in [0.5, 0.6) is 0 Å². The second-order valence-electron chi connectivity index (χ2n) is 7.33. The normalized spacial score (nSPS) is 15.6. The van der Waals surface area contributed by atoms with Gasteiger partial charge in [-0.25, -0.2) is 0 Å². The number of primary amides is 1. The highest BCUT2D eigenvalue weighted by atomic mass is 16.2. The molecule has 0 spiro atoms. The summed E-state index contributed by atoms with van der Waals surface area (Å²) < 4.78 is 0. The highest BCUT2D eigenvalue weighted by Crippen LogP contribution is 2.32. The van der Waals surface area contributed by atoms with Gasteiger partial charge in [0.25, 0.3) is 0 Å². The van der Waals surface area contributed by atoms with E-state index in [0.29, 0.717) is 23.7 Å². The van der Waals surface area contributed by atoms with Gasteiger partial charge in [-0.15, -0.1) is 0 Å². The predicted octanol–water partition coefficient (Wildman–Crippen LogP) is 3.08. The molecule has 0 radical (unpaired) electrons. The molecule has 2 aromatic carbocycles. The fourth-order valence-corrected chi connectivity index (χ4v) is 3.96. The summed E-state index contributed by atoms with van der Waals surface area (Å²) in [5.41, 5.74) is 8.89. The Morgan fingerprint density at radius 1 is 1.07 bits per heavy atom. The van der Waals surface area contributed by atoms with Gasteiger partial charge in [0.1, 0.15) is 0 Å². The number of amides is 2. The van der Waals surface area contributed by atoms with Crippen LogP contribution in [0.4, 0.5) is 5.69 Å². The van der Waals surface area contributed by atoms with Crippen LogP contribution in [0, 0.1) is 0 Å². The number of aromatic nitrogens is 1. The third-order valence-corrected chi connectivity index (χ3v) is 5.47. The first-order valence-corrected chi connectivity index (χ1v) is 9.58. The average Bonchev–Trinajstić information content (AvgIpc) is 3.13. The van der Waals surface area contributed by atoms with E-state index >= 15 is 0 Å². The van der Waals surface area contributed by atoms with Crippen molar-refractivity contribution in [3.8, 4) is 0 Å². The van der Waals surface area contributed by atoms with E-state index in [9.17, 15) is 9.59 Å². The molecular weight excluding hydrogens is 352 g/mol. The topological polar surface area (TPSA) is 91.2 Å². The number of fused-ring (bicyclic) bond motifs is 1. The number of likely N-dealkylation sites (tertiary alicyclic amines) is 1. The van der Waals surface area contributed by atoms with Gasteiger partial charge in [-0.05, 0) is 67.7 Å². The number of hydrogen-bond acceptors (Lipinski definition) is 3. The van der Waals surface area contributed by atoms with Gasteiger partial charge in [-0.1, -0.05) is 18.2 Å². The van der Waals surface area contributed by atoms with E-state index in [-0.39, 0.29) is 5.91 Å². The summed E-state index contributed by atoms with van der Waals surface area (Å²) >= 11 is 0. The third kappa shape index (κ3) is 3.92. The largest absolute Gasteiger partial charge is 0.366 e. The number of para-hydroxylation sites is 1. The molecule has 1 saturated heterocycles. The number of nitrogens with zero attached hydrogens (tertiary/aromatic N) is 1. The monoisotopic (exact) mass is 376 g/mol. The molecule has 0 unspecified atom stereocenters. The van der Waals surface area contributed by atoms with Crippen LogP contribution in [-0.2, 0) is 4.79 Å². The van der Waals surface area contributed by atoms with Gasteiger partial charge in [-0.3, -0.25) is 14.5 Å². The van der Waals surface area contributed by atoms with Gasteiger partial charge < -0.3 is 16.0 Å². The van der Waals surface area contributed by atoms with Crippen LogP contribution < -0.4 is 11.1 Å². The van der Waals surface area contributed by atoms with E-state index in [1.807, 2.05) is 6.07 Å². The second-order valence-corrected chi connectivity index (χ2v) is 7.33. The van der Waals surface area contributed by atoms with Crippen molar-refractivity contribution in [3.05, 3.63) is 65.9 Å². The van der Waals surface area contributed by atoms with Crippen molar-refractivity contribution in [1.29, 1.82) is 0 Å². The zero-order valence-electron chi connectivity index (χ0n) is 15.7. The number of carbonyl (C=O) groups excluding carboxylic acids is 2. The van der Waals surface area contributed by atoms with Crippen LogP contribution in [-0.4, -0.2) is 41.3 Å². The first-order chi connectivity index (χ1) is 13.6. The fourth-order valence-electron chi connectivity index (χ4n) is 3.96. The number of nitrogens with one attached hydrogen (secondary N) is 2. The maximum atomic E-state index is 12.3. The smallest absolute Gasteiger partial charge is 0.248 e. The Balaban J connectivity index is 1.30. The van der Waals surface area contributed by atoms with Crippen LogP contribution in [0.2, 0.25) is 0 Å². The molecule has 1 aliphatic heterocycles. The molecule has 6 heteroatoms. The van der Waals surface area contributed by atoms with Crippen LogP contribution >= 0.6 is 0 Å². The molecule has 1 fully saturated rings. The molecule has 144 valence electrons. The van der Waals surface area contributed by atoms with E-state index in [2.05, 4.69) is 39.6 Å². The minimum atomic E-state index is -0.476. The number of rotatable bonds is 5. The number of benzene rings is 2. The molecule has 0 saturated carbocycles. The molecular formula is C22H24N4O2. The number of aromatic amines is 1. The maximum absolute atomic E-state index is 12.3. The maximum Gasteiger partial charge on any atom is 0.248 e. The van der Waals surface area contributed by atoms with Gasteiger partial charge in [0, 0.05) is 28.4 Å². The summed E-state index contributed by atoms with van der Waals surface area (Å²) in [5.74, 6) is 0.00474. The standard InChI is InChI=1S/C22H24N4O2/c23-22(28)16-5-7-17(8-6-16)25-21(27)14-26-11-9-15(10-12-26)19-13-24-20-4-2-1-3-18(19)20/h1-8,13,15,24H,9-12,14H2,(H2,23,28)(H,25,27). The molecule has 1 aromatic heterocycles. The minimum Gasteiger partial charge on any atom is -0.366 e. The van der Waals surface area contributed by atoms with Crippen molar-refractivity contribution in [1.82, 2.24) is 9.88 Å². The molecule has 0 aliphatic carbocycles. The van der Waals surface area contributed by atoms with E-state index in [1.165, 1.54) is 16.5 Å². The molecule has 6 nitrogen and oxygen atoms in total. The fraction of sp³-hybridized carbons (Fsp3) is 0.273. The van der Waals surface area contributed by atoms with Gasteiger partial charge in [0.05, 0.1) is 6.54 Å². The summed E-state index contributed by atoms with van der Waals surface area (Å²) in [4.78, 5) is 29.0. The van der Waals surface area contributed by atoms with Crippen molar-refractivity contribution in [3.63, 3.8) is 0 Å².